The minimum atomic E-state index is -0.914. The Labute approximate surface area is 229 Å². The monoisotopic (exact) mass is 532 g/mol. The third-order valence-corrected chi connectivity index (χ3v) is 7.29. The normalized spacial score (nSPS) is 18.3. The molecular formula is C31H36N2O6. The highest BCUT2D eigenvalue weighted by molar-refractivity contribution is 5.76. The molecule has 1 saturated heterocycles. The third kappa shape index (κ3) is 7.02. The number of carbonyl (C=O) groups excluding carboxylic acids is 1. The Morgan fingerprint density at radius 3 is 2.54 bits per heavy atom. The lowest BCUT2D eigenvalue weighted by atomic mass is 9.98. The highest BCUT2D eigenvalue weighted by Crippen LogP contribution is 2.34. The molecule has 0 aliphatic carbocycles. The molecule has 2 aliphatic heterocycles. The van der Waals surface area contributed by atoms with Crippen molar-refractivity contribution in [2.24, 2.45) is 0 Å². The van der Waals surface area contributed by atoms with Crippen LogP contribution in [0.5, 0.6) is 23.0 Å². The van der Waals surface area contributed by atoms with E-state index in [0.29, 0.717) is 48.5 Å². The van der Waals surface area contributed by atoms with E-state index in [1.807, 2.05) is 48.5 Å². The Morgan fingerprint density at radius 1 is 1.03 bits per heavy atom. The van der Waals surface area contributed by atoms with Crippen LogP contribution in [0.15, 0.2) is 72.8 Å². The molecule has 5 rings (SSSR count). The number of benzene rings is 3. The van der Waals surface area contributed by atoms with E-state index in [4.69, 9.17) is 18.9 Å². The fourth-order valence-corrected chi connectivity index (χ4v) is 5.19. The van der Waals surface area contributed by atoms with E-state index in [1.54, 1.807) is 7.11 Å². The second-order valence-corrected chi connectivity index (χ2v) is 9.95. The largest absolute Gasteiger partial charge is 0.497 e. The number of hydrogen-bond acceptors (Lipinski definition) is 7. The van der Waals surface area contributed by atoms with Gasteiger partial charge in [-0.05, 0) is 66.4 Å². The number of likely N-dealkylation sites (tertiary alicyclic amines) is 1. The Hall–Kier alpha value is -3.75. The molecule has 0 aromatic heterocycles. The van der Waals surface area contributed by atoms with Gasteiger partial charge in [0.05, 0.1) is 26.2 Å². The summed E-state index contributed by atoms with van der Waals surface area (Å²) in [7, 11) is 1.61. The van der Waals surface area contributed by atoms with Gasteiger partial charge in [0.1, 0.15) is 30.8 Å². The van der Waals surface area contributed by atoms with E-state index in [-0.39, 0.29) is 18.9 Å². The van der Waals surface area contributed by atoms with Gasteiger partial charge >= 0.3 is 0 Å². The first-order chi connectivity index (χ1) is 19.1. The first kappa shape index (κ1) is 26.8. The zero-order chi connectivity index (χ0) is 27.0. The molecule has 3 aromatic rings. The molecule has 3 aromatic carbocycles. The van der Waals surface area contributed by atoms with Crippen molar-refractivity contribution in [3.8, 4) is 23.0 Å². The van der Waals surface area contributed by atoms with Crippen LogP contribution in [-0.2, 0) is 4.79 Å². The number of aliphatic hydroxyl groups excluding tert-OH is 1. The van der Waals surface area contributed by atoms with Gasteiger partial charge in [0.15, 0.2) is 11.5 Å². The van der Waals surface area contributed by atoms with Gasteiger partial charge in [0.2, 0.25) is 5.91 Å². The summed E-state index contributed by atoms with van der Waals surface area (Å²) in [6.45, 7) is 3.51. The molecule has 2 heterocycles. The number of nitrogens with zero attached hydrogens (tertiary/aromatic N) is 1. The van der Waals surface area contributed by atoms with Crippen molar-refractivity contribution in [3.63, 3.8) is 0 Å². The van der Waals surface area contributed by atoms with Crippen LogP contribution in [0.2, 0.25) is 0 Å². The summed E-state index contributed by atoms with van der Waals surface area (Å²) in [5.41, 5.74) is 2.00. The van der Waals surface area contributed by atoms with Crippen molar-refractivity contribution in [2.75, 3.05) is 46.6 Å². The number of carbonyl (C=O) groups is 1. The van der Waals surface area contributed by atoms with E-state index in [9.17, 15) is 9.90 Å². The number of aliphatic hydroxyl groups is 1. The molecular weight excluding hydrogens is 496 g/mol. The average molecular weight is 533 g/mol. The van der Waals surface area contributed by atoms with Crippen molar-refractivity contribution in [2.45, 2.75) is 30.9 Å². The summed E-state index contributed by atoms with van der Waals surface area (Å²) in [5, 5.41) is 14.5. The maximum absolute atomic E-state index is 13.0. The van der Waals surface area contributed by atoms with Gasteiger partial charge in [-0.15, -0.1) is 0 Å². The minimum Gasteiger partial charge on any atom is -0.497 e. The molecule has 0 spiro atoms. The number of nitrogens with one attached hydrogen (secondary N) is 1. The van der Waals surface area contributed by atoms with E-state index in [0.717, 1.165) is 25.3 Å². The summed E-state index contributed by atoms with van der Waals surface area (Å²) in [6, 6.07) is 22.7. The van der Waals surface area contributed by atoms with Crippen LogP contribution >= 0.6 is 0 Å². The molecule has 3 atom stereocenters. The number of hydrogen-bond donors (Lipinski definition) is 2. The van der Waals surface area contributed by atoms with Crippen LogP contribution in [0, 0.1) is 0 Å². The number of fused-ring (bicyclic) bond motifs is 1. The molecule has 8 heteroatoms. The predicted molar refractivity (Wildman–Crippen MR) is 148 cm³/mol. The van der Waals surface area contributed by atoms with Crippen molar-refractivity contribution in [1.82, 2.24) is 10.2 Å². The maximum Gasteiger partial charge on any atom is 0.223 e. The SMILES string of the molecule is COc1ccc(OCCC(=O)N[C@H](CN2CCC(c3ccccc3)C2)[C@H](O)c2ccc3c(c2)OCCO3)cc1. The summed E-state index contributed by atoms with van der Waals surface area (Å²) in [4.78, 5) is 15.3. The highest BCUT2D eigenvalue weighted by atomic mass is 16.6. The van der Waals surface area contributed by atoms with Gasteiger partial charge in [0, 0.05) is 13.1 Å². The minimum absolute atomic E-state index is 0.170. The molecule has 2 N–H and O–H groups in total. The first-order valence-corrected chi connectivity index (χ1v) is 13.5. The van der Waals surface area contributed by atoms with Crippen molar-refractivity contribution in [3.05, 3.63) is 83.9 Å². The molecule has 0 bridgehead atoms. The van der Waals surface area contributed by atoms with Crippen LogP contribution in [0.3, 0.4) is 0 Å². The Balaban J connectivity index is 1.23. The fourth-order valence-electron chi connectivity index (χ4n) is 5.19. The molecule has 1 unspecified atom stereocenters. The Morgan fingerprint density at radius 2 is 1.77 bits per heavy atom. The number of amides is 1. The highest BCUT2D eigenvalue weighted by Gasteiger charge is 2.30. The molecule has 0 saturated carbocycles. The quantitative estimate of drug-likeness (QED) is 0.387. The molecule has 8 nitrogen and oxygen atoms in total. The van der Waals surface area contributed by atoms with Gasteiger partial charge in [-0.2, -0.15) is 0 Å². The van der Waals surface area contributed by atoms with Crippen LogP contribution in [0.25, 0.3) is 0 Å². The van der Waals surface area contributed by atoms with Crippen molar-refractivity contribution in [1.29, 1.82) is 0 Å². The lowest BCUT2D eigenvalue weighted by Crippen LogP contribution is -2.47. The van der Waals surface area contributed by atoms with Crippen LogP contribution in [0.1, 0.15) is 36.0 Å². The zero-order valence-electron chi connectivity index (χ0n) is 22.3. The van der Waals surface area contributed by atoms with Gasteiger partial charge in [-0.1, -0.05) is 36.4 Å². The topological polar surface area (TPSA) is 89.5 Å². The fraction of sp³-hybridized carbons (Fsp3) is 0.387. The van der Waals surface area contributed by atoms with E-state index in [1.165, 1.54) is 5.56 Å². The number of methoxy groups -OCH3 is 1. The molecule has 2 aliphatic rings. The standard InChI is InChI=1S/C31H36N2O6/c1-36-25-8-10-26(11-9-25)37-16-14-30(34)32-27(21-33-15-13-24(20-33)22-5-3-2-4-6-22)31(35)23-7-12-28-29(19-23)39-18-17-38-28/h2-12,19,24,27,31,35H,13-18,20-21H2,1H3,(H,32,34)/t24?,27-,31-/m1/s1. The van der Waals surface area contributed by atoms with E-state index >= 15 is 0 Å². The molecule has 0 radical (unpaired) electrons. The summed E-state index contributed by atoms with van der Waals surface area (Å²) in [5.74, 6) is 2.95. The zero-order valence-corrected chi connectivity index (χ0v) is 22.3. The number of rotatable bonds is 11. The summed E-state index contributed by atoms with van der Waals surface area (Å²) in [6.07, 6.45) is 0.298. The Bertz CT molecular complexity index is 1220. The maximum atomic E-state index is 13.0. The summed E-state index contributed by atoms with van der Waals surface area (Å²) >= 11 is 0. The second-order valence-electron chi connectivity index (χ2n) is 9.95. The van der Waals surface area contributed by atoms with Gasteiger partial charge in [-0.25, -0.2) is 0 Å². The van der Waals surface area contributed by atoms with Gasteiger partial charge in [0.25, 0.3) is 0 Å². The van der Waals surface area contributed by atoms with E-state index < -0.39 is 12.1 Å². The third-order valence-electron chi connectivity index (χ3n) is 7.29. The van der Waals surface area contributed by atoms with E-state index in [2.05, 4.69) is 34.5 Å². The second kappa shape index (κ2) is 12.9. The average Bonchev–Trinajstić information content (AvgIpc) is 3.45. The van der Waals surface area contributed by atoms with Crippen molar-refractivity contribution < 1.29 is 28.8 Å². The van der Waals surface area contributed by atoms with Gasteiger partial charge < -0.3 is 34.3 Å². The molecule has 39 heavy (non-hydrogen) atoms. The lowest BCUT2D eigenvalue weighted by molar-refractivity contribution is -0.123. The van der Waals surface area contributed by atoms with Crippen LogP contribution in [-0.4, -0.2) is 68.5 Å². The first-order valence-electron chi connectivity index (χ1n) is 13.5. The van der Waals surface area contributed by atoms with Gasteiger partial charge in [-0.3, -0.25) is 4.79 Å². The lowest BCUT2D eigenvalue weighted by Gasteiger charge is -2.29. The van der Waals surface area contributed by atoms with Crippen LogP contribution < -0.4 is 24.3 Å². The number of ether oxygens (including phenoxy) is 4. The smallest absolute Gasteiger partial charge is 0.223 e. The predicted octanol–water partition coefficient (Wildman–Crippen LogP) is 3.94. The Kier molecular flexibility index (Phi) is 8.85. The molecule has 1 amide bonds. The molecule has 206 valence electrons. The van der Waals surface area contributed by atoms with Crippen molar-refractivity contribution >= 4 is 5.91 Å². The van der Waals surface area contributed by atoms with Crippen LogP contribution in [0.4, 0.5) is 0 Å². The summed E-state index contributed by atoms with van der Waals surface area (Å²) < 4.78 is 22.3. The molecule has 1 fully saturated rings.